The van der Waals surface area contributed by atoms with Crippen molar-refractivity contribution in [2.24, 2.45) is 11.8 Å². The Hall–Kier alpha value is -3.02. The lowest BCUT2D eigenvalue weighted by Crippen LogP contribution is -2.14. The minimum absolute atomic E-state index is 0.228. The van der Waals surface area contributed by atoms with Crippen molar-refractivity contribution in [1.82, 2.24) is 0 Å². The Bertz CT molecular complexity index is 896. The number of hydrogen-bond acceptors (Lipinski definition) is 5. The summed E-state index contributed by atoms with van der Waals surface area (Å²) in [5.41, 5.74) is 2.40. The molecule has 0 saturated heterocycles. The van der Waals surface area contributed by atoms with Gasteiger partial charge >= 0.3 is 0 Å². The molecule has 5 heteroatoms. The van der Waals surface area contributed by atoms with Gasteiger partial charge in [0.1, 0.15) is 11.5 Å². The molecule has 5 atom stereocenters. The highest BCUT2D eigenvalue weighted by atomic mass is 16.7. The van der Waals surface area contributed by atoms with Crippen molar-refractivity contribution >= 4 is 0 Å². The first-order valence-corrected chi connectivity index (χ1v) is 11.3. The molecule has 0 fully saturated rings. The van der Waals surface area contributed by atoms with E-state index in [1.807, 2.05) is 38.1 Å². The number of benzene rings is 2. The van der Waals surface area contributed by atoms with Crippen LogP contribution >= 0.6 is 0 Å². The van der Waals surface area contributed by atoms with Gasteiger partial charge in [0.15, 0.2) is 6.29 Å². The minimum atomic E-state index is -0.300. The van der Waals surface area contributed by atoms with Gasteiger partial charge in [-0.1, -0.05) is 31.2 Å². The molecule has 0 aliphatic carbocycles. The third-order valence-electron chi connectivity index (χ3n) is 6.21. The maximum absolute atomic E-state index is 9.71. The molecular formula is C27H34N2O3. The smallest absolute Gasteiger partial charge is 0.196 e. The van der Waals surface area contributed by atoms with Crippen LogP contribution in [-0.2, 0) is 4.74 Å². The van der Waals surface area contributed by atoms with Gasteiger partial charge in [-0.3, -0.25) is 0 Å². The van der Waals surface area contributed by atoms with Crippen LogP contribution in [0.4, 0.5) is 0 Å². The van der Waals surface area contributed by atoms with Crippen LogP contribution in [0.25, 0.3) is 0 Å². The highest BCUT2D eigenvalue weighted by Crippen LogP contribution is 2.37. The van der Waals surface area contributed by atoms with Gasteiger partial charge < -0.3 is 14.6 Å². The van der Waals surface area contributed by atoms with Gasteiger partial charge in [0.25, 0.3) is 0 Å². The molecule has 0 heterocycles. The first-order valence-electron chi connectivity index (χ1n) is 11.3. The van der Waals surface area contributed by atoms with Crippen molar-refractivity contribution in [2.75, 3.05) is 7.11 Å². The molecule has 5 unspecified atom stereocenters. The Morgan fingerprint density at radius 3 is 2.00 bits per heavy atom. The van der Waals surface area contributed by atoms with Crippen molar-refractivity contribution in [3.8, 4) is 23.6 Å². The van der Waals surface area contributed by atoms with Crippen LogP contribution in [0.3, 0.4) is 0 Å². The number of hydrogen-bond donors (Lipinski definition) is 1. The number of phenolic OH excluding ortho intramolecular Hbond substituents is 1. The second-order valence-electron chi connectivity index (χ2n) is 8.35. The van der Waals surface area contributed by atoms with Gasteiger partial charge in [0.2, 0.25) is 0 Å². The summed E-state index contributed by atoms with van der Waals surface area (Å²) in [6.45, 7) is 5.85. The molecule has 2 rings (SSSR count). The van der Waals surface area contributed by atoms with E-state index in [4.69, 9.17) is 9.47 Å². The second-order valence-corrected chi connectivity index (χ2v) is 8.35. The fourth-order valence-corrected chi connectivity index (χ4v) is 4.00. The molecule has 2 aromatic rings. The van der Waals surface area contributed by atoms with Crippen LogP contribution < -0.4 is 4.74 Å². The predicted octanol–water partition coefficient (Wildman–Crippen LogP) is 6.51. The van der Waals surface area contributed by atoms with Crippen molar-refractivity contribution in [2.45, 2.75) is 64.6 Å². The molecule has 5 nitrogen and oxygen atoms in total. The number of aromatic hydroxyl groups is 1. The average molecular weight is 435 g/mol. The summed E-state index contributed by atoms with van der Waals surface area (Å²) in [5, 5.41) is 28.4. The zero-order valence-corrected chi connectivity index (χ0v) is 19.5. The quantitative estimate of drug-likeness (QED) is 0.385. The van der Waals surface area contributed by atoms with Gasteiger partial charge in [0, 0.05) is 7.11 Å². The van der Waals surface area contributed by atoms with E-state index in [9.17, 15) is 15.6 Å². The summed E-state index contributed by atoms with van der Waals surface area (Å²) < 4.78 is 10.9. The Labute approximate surface area is 192 Å². The monoisotopic (exact) mass is 434 g/mol. The number of phenols is 1. The Morgan fingerprint density at radius 2 is 1.47 bits per heavy atom. The maximum Gasteiger partial charge on any atom is 0.196 e. The SMILES string of the molecule is CCC(CC(CCC(C#N)C(C)C#N)c1ccc(O)cc1)c1ccc(OC(C)OC)cc1. The molecule has 0 saturated carbocycles. The largest absolute Gasteiger partial charge is 0.508 e. The maximum atomic E-state index is 9.71. The number of methoxy groups -OCH3 is 1. The van der Waals surface area contributed by atoms with Crippen molar-refractivity contribution in [3.05, 3.63) is 59.7 Å². The predicted molar refractivity (Wildman–Crippen MR) is 125 cm³/mol. The van der Waals surface area contributed by atoms with E-state index in [-0.39, 0.29) is 29.8 Å². The molecule has 0 aliphatic heterocycles. The van der Waals surface area contributed by atoms with E-state index in [0.29, 0.717) is 12.3 Å². The van der Waals surface area contributed by atoms with Crippen LogP contribution in [0, 0.1) is 34.5 Å². The van der Waals surface area contributed by atoms with Crippen LogP contribution in [0.5, 0.6) is 11.5 Å². The van der Waals surface area contributed by atoms with Crippen LogP contribution in [0.15, 0.2) is 48.5 Å². The summed E-state index contributed by atoms with van der Waals surface area (Å²) in [6.07, 6.45) is 3.10. The van der Waals surface area contributed by atoms with E-state index in [1.54, 1.807) is 19.2 Å². The zero-order chi connectivity index (χ0) is 23.5. The summed E-state index contributed by atoms with van der Waals surface area (Å²) >= 11 is 0. The van der Waals surface area contributed by atoms with Gasteiger partial charge in [-0.2, -0.15) is 10.5 Å². The molecule has 1 N–H and O–H groups in total. The highest BCUT2D eigenvalue weighted by Gasteiger charge is 2.23. The normalized spacial score (nSPS) is 15.6. The van der Waals surface area contributed by atoms with E-state index in [1.165, 1.54) is 5.56 Å². The lowest BCUT2D eigenvalue weighted by molar-refractivity contribution is -0.0382. The Morgan fingerprint density at radius 1 is 0.875 bits per heavy atom. The van der Waals surface area contributed by atoms with Crippen LogP contribution in [-0.4, -0.2) is 18.5 Å². The van der Waals surface area contributed by atoms with Crippen LogP contribution in [0.2, 0.25) is 0 Å². The third-order valence-corrected chi connectivity index (χ3v) is 6.21. The molecule has 0 aliphatic rings. The highest BCUT2D eigenvalue weighted by molar-refractivity contribution is 5.32. The van der Waals surface area contributed by atoms with Gasteiger partial charge in [0.05, 0.1) is 24.0 Å². The number of nitrogens with zero attached hydrogens (tertiary/aromatic N) is 2. The topological polar surface area (TPSA) is 86.3 Å². The third kappa shape index (κ3) is 7.29. The summed E-state index contributed by atoms with van der Waals surface area (Å²) in [7, 11) is 1.61. The molecule has 170 valence electrons. The van der Waals surface area contributed by atoms with E-state index in [2.05, 4.69) is 31.2 Å². The summed E-state index contributed by atoms with van der Waals surface area (Å²) in [5.74, 6) is 1.02. The summed E-state index contributed by atoms with van der Waals surface area (Å²) in [4.78, 5) is 0. The first-order chi connectivity index (χ1) is 15.4. The summed E-state index contributed by atoms with van der Waals surface area (Å²) in [6, 6.07) is 20.0. The standard InChI is InChI=1S/C27H34N2O3/c1-5-21(22-10-14-27(15-11-22)32-20(3)31-4)16-24(23-8-12-26(30)13-9-23)6-7-25(18-29)19(2)17-28/h8-15,19-21,24-25,30H,5-7,16H2,1-4H3. The van der Waals surface area contributed by atoms with E-state index >= 15 is 0 Å². The molecule has 0 amide bonds. The molecule has 0 aromatic heterocycles. The Balaban J connectivity index is 2.19. The van der Waals surface area contributed by atoms with E-state index in [0.717, 1.165) is 30.6 Å². The number of nitriles is 2. The van der Waals surface area contributed by atoms with E-state index < -0.39 is 0 Å². The lowest BCUT2D eigenvalue weighted by Gasteiger charge is -2.25. The van der Waals surface area contributed by atoms with Gasteiger partial charge in [-0.05, 0) is 86.8 Å². The van der Waals surface area contributed by atoms with Gasteiger partial charge in [-0.15, -0.1) is 0 Å². The second kappa shape index (κ2) is 12.7. The molecule has 0 spiro atoms. The first kappa shape index (κ1) is 25.2. The zero-order valence-electron chi connectivity index (χ0n) is 19.5. The Kier molecular flexibility index (Phi) is 10.1. The van der Waals surface area contributed by atoms with Crippen LogP contribution in [0.1, 0.15) is 69.4 Å². The lowest BCUT2D eigenvalue weighted by atomic mass is 9.79. The molecule has 0 radical (unpaired) electrons. The molecular weight excluding hydrogens is 400 g/mol. The van der Waals surface area contributed by atoms with Crippen molar-refractivity contribution in [1.29, 1.82) is 10.5 Å². The average Bonchev–Trinajstić information content (AvgIpc) is 2.82. The fraction of sp³-hybridized carbons (Fsp3) is 0.481. The molecule has 0 bridgehead atoms. The molecule has 2 aromatic carbocycles. The van der Waals surface area contributed by atoms with Gasteiger partial charge in [-0.25, -0.2) is 0 Å². The number of rotatable bonds is 12. The fourth-order valence-electron chi connectivity index (χ4n) is 4.00. The molecule has 32 heavy (non-hydrogen) atoms. The number of ether oxygens (including phenoxy) is 2. The van der Waals surface area contributed by atoms with Crippen molar-refractivity contribution < 1.29 is 14.6 Å². The minimum Gasteiger partial charge on any atom is -0.508 e. The van der Waals surface area contributed by atoms with Crippen molar-refractivity contribution in [3.63, 3.8) is 0 Å².